The van der Waals surface area contributed by atoms with Crippen LogP contribution in [-0.4, -0.2) is 54.4 Å². The van der Waals surface area contributed by atoms with Crippen LogP contribution >= 0.6 is 0 Å². The van der Waals surface area contributed by atoms with E-state index in [2.05, 4.69) is 34.2 Å². The number of carbonyl (C=O) groups is 2. The molecule has 0 bridgehead atoms. The van der Waals surface area contributed by atoms with Crippen molar-refractivity contribution >= 4 is 23.1 Å². The first-order valence-corrected chi connectivity index (χ1v) is 11.8. The van der Waals surface area contributed by atoms with Gasteiger partial charge < -0.3 is 15.0 Å². The van der Waals surface area contributed by atoms with Crippen molar-refractivity contribution in [2.45, 2.75) is 70.6 Å². The van der Waals surface area contributed by atoms with E-state index in [9.17, 15) is 9.59 Å². The summed E-state index contributed by atoms with van der Waals surface area (Å²) >= 11 is 0. The summed E-state index contributed by atoms with van der Waals surface area (Å²) in [5.41, 5.74) is 3.05. The van der Waals surface area contributed by atoms with E-state index in [0.29, 0.717) is 18.5 Å². The van der Waals surface area contributed by atoms with Crippen molar-refractivity contribution in [3.8, 4) is 0 Å². The van der Waals surface area contributed by atoms with Gasteiger partial charge in [0, 0.05) is 43.0 Å². The lowest BCUT2D eigenvalue weighted by Crippen LogP contribution is -2.39. The molecule has 3 fully saturated rings. The number of Topliss-reactive ketones (excluding diaryl/α,β-unsaturated/α-hetero) is 1. The van der Waals surface area contributed by atoms with E-state index < -0.39 is 0 Å². The average Bonchev–Trinajstić information content (AvgIpc) is 3.48. The zero-order chi connectivity index (χ0) is 21.5. The van der Waals surface area contributed by atoms with E-state index in [1.165, 1.54) is 31.5 Å². The topological polar surface area (TPSA) is 61.9 Å². The van der Waals surface area contributed by atoms with Crippen molar-refractivity contribution < 1.29 is 14.3 Å². The van der Waals surface area contributed by atoms with E-state index in [-0.39, 0.29) is 29.5 Å². The molecular formula is C25H33N3O3. The normalized spacial score (nSPS) is 30.8. The Morgan fingerprint density at radius 2 is 2.03 bits per heavy atom. The molecule has 6 heteroatoms. The van der Waals surface area contributed by atoms with Crippen molar-refractivity contribution in [2.75, 3.05) is 29.9 Å². The predicted molar refractivity (Wildman–Crippen MR) is 121 cm³/mol. The summed E-state index contributed by atoms with van der Waals surface area (Å²) in [5.74, 6) is -0.0376. The smallest absolute Gasteiger partial charge is 0.290 e. The number of rotatable bonds is 4. The molecule has 1 aliphatic carbocycles. The van der Waals surface area contributed by atoms with Gasteiger partial charge in [-0.3, -0.25) is 14.5 Å². The van der Waals surface area contributed by atoms with Crippen LogP contribution < -0.4 is 10.2 Å². The highest BCUT2D eigenvalue weighted by atomic mass is 16.5. The zero-order valence-electron chi connectivity index (χ0n) is 18.6. The van der Waals surface area contributed by atoms with Crippen LogP contribution in [0.5, 0.6) is 0 Å². The van der Waals surface area contributed by atoms with Gasteiger partial charge in [0.2, 0.25) is 0 Å². The summed E-state index contributed by atoms with van der Waals surface area (Å²) in [6.45, 7) is 7.77. The number of nitrogens with zero attached hydrogens (tertiary/aromatic N) is 2. The molecule has 31 heavy (non-hydrogen) atoms. The Bertz CT molecular complexity index is 911. The Hall–Kier alpha value is -2.34. The highest BCUT2D eigenvalue weighted by Crippen LogP contribution is 2.34. The van der Waals surface area contributed by atoms with Gasteiger partial charge >= 0.3 is 0 Å². The lowest BCUT2D eigenvalue weighted by Gasteiger charge is -2.28. The molecule has 1 N–H and O–H groups in total. The third kappa shape index (κ3) is 3.98. The summed E-state index contributed by atoms with van der Waals surface area (Å²) in [6, 6.07) is 7.61. The van der Waals surface area contributed by atoms with Gasteiger partial charge in [-0.1, -0.05) is 0 Å². The van der Waals surface area contributed by atoms with Crippen LogP contribution in [0.3, 0.4) is 0 Å². The Labute approximate surface area is 184 Å². The van der Waals surface area contributed by atoms with Gasteiger partial charge in [0.1, 0.15) is 11.9 Å². The first-order chi connectivity index (χ1) is 15.0. The molecule has 1 aromatic rings. The summed E-state index contributed by atoms with van der Waals surface area (Å²) in [4.78, 5) is 30.0. The van der Waals surface area contributed by atoms with Gasteiger partial charge in [-0.25, -0.2) is 0 Å². The second-order valence-electron chi connectivity index (χ2n) is 9.64. The number of carbonyl (C=O) groups excluding carboxylic acids is 2. The molecule has 0 spiro atoms. The van der Waals surface area contributed by atoms with Crippen LogP contribution in [0, 0.1) is 12.8 Å². The monoisotopic (exact) mass is 423 g/mol. The molecule has 4 atom stereocenters. The van der Waals surface area contributed by atoms with Crippen LogP contribution in [0.4, 0.5) is 11.4 Å². The van der Waals surface area contributed by atoms with E-state index in [1.54, 1.807) is 6.08 Å². The molecule has 3 aliphatic heterocycles. The van der Waals surface area contributed by atoms with Crippen LogP contribution in [0.2, 0.25) is 0 Å². The molecule has 1 aromatic carbocycles. The summed E-state index contributed by atoms with van der Waals surface area (Å²) < 4.78 is 5.80. The van der Waals surface area contributed by atoms with Gasteiger partial charge in [-0.15, -0.1) is 0 Å². The molecule has 0 aromatic heterocycles. The highest BCUT2D eigenvalue weighted by Gasteiger charge is 2.39. The Morgan fingerprint density at radius 3 is 2.77 bits per heavy atom. The molecule has 0 radical (unpaired) electrons. The van der Waals surface area contributed by atoms with Crippen LogP contribution in [0.15, 0.2) is 30.0 Å². The molecule has 5 rings (SSSR count). The van der Waals surface area contributed by atoms with Gasteiger partial charge in [0.15, 0.2) is 5.76 Å². The van der Waals surface area contributed by atoms with Gasteiger partial charge in [0.05, 0.1) is 5.92 Å². The standard InChI is InChI=1S/C25H33N3O3/c1-16-13-18(27-12-10-19(15-27)28-11-4-5-17(28)2)8-9-21(16)26-25(30)24-14-20-22(29)6-3-7-23(20)31-24/h8-9,13-14,17,19-20,23H,3-7,10-12,15H2,1-2H3,(H,26,30). The molecular weight excluding hydrogens is 390 g/mol. The summed E-state index contributed by atoms with van der Waals surface area (Å²) in [5, 5.41) is 2.98. The molecule has 2 saturated heterocycles. The fourth-order valence-corrected chi connectivity index (χ4v) is 5.77. The Balaban J connectivity index is 1.22. The number of ether oxygens (including phenoxy) is 1. The van der Waals surface area contributed by atoms with E-state index in [4.69, 9.17) is 4.74 Å². The number of anilines is 2. The first-order valence-electron chi connectivity index (χ1n) is 11.8. The van der Waals surface area contributed by atoms with E-state index in [0.717, 1.165) is 37.2 Å². The van der Waals surface area contributed by atoms with Crippen LogP contribution in [0.1, 0.15) is 51.0 Å². The minimum atomic E-state index is -0.262. The van der Waals surface area contributed by atoms with Gasteiger partial charge in [0.25, 0.3) is 5.91 Å². The summed E-state index contributed by atoms with van der Waals surface area (Å²) in [7, 11) is 0. The second-order valence-corrected chi connectivity index (χ2v) is 9.64. The lowest BCUT2D eigenvalue weighted by molar-refractivity contribution is -0.127. The Kier molecular flexibility index (Phi) is 5.51. The molecule has 4 unspecified atom stereocenters. The number of benzene rings is 1. The molecule has 1 saturated carbocycles. The number of aryl methyl sites for hydroxylation is 1. The minimum Gasteiger partial charge on any atom is -0.484 e. The number of likely N-dealkylation sites (tertiary alicyclic amines) is 1. The maximum absolute atomic E-state index is 12.7. The SMILES string of the molecule is Cc1cc(N2CCC(N3CCCC3C)C2)ccc1NC(=O)C1=CC2C(=O)CCCC2O1. The number of ketones is 1. The zero-order valence-corrected chi connectivity index (χ0v) is 18.6. The number of hydrogen-bond acceptors (Lipinski definition) is 5. The first kappa shape index (κ1) is 20.6. The van der Waals surface area contributed by atoms with Crippen molar-refractivity contribution in [1.82, 2.24) is 4.90 Å². The molecule has 4 aliphatic rings. The van der Waals surface area contributed by atoms with E-state index >= 15 is 0 Å². The van der Waals surface area contributed by atoms with E-state index in [1.807, 2.05) is 13.0 Å². The average molecular weight is 424 g/mol. The van der Waals surface area contributed by atoms with Gasteiger partial charge in [-0.05, 0) is 82.3 Å². The number of nitrogens with one attached hydrogen (secondary N) is 1. The van der Waals surface area contributed by atoms with Crippen LogP contribution in [-0.2, 0) is 14.3 Å². The number of fused-ring (bicyclic) bond motifs is 1. The maximum atomic E-state index is 12.7. The fourth-order valence-electron chi connectivity index (χ4n) is 5.77. The van der Waals surface area contributed by atoms with Crippen molar-refractivity contribution in [1.29, 1.82) is 0 Å². The fraction of sp³-hybridized carbons (Fsp3) is 0.600. The predicted octanol–water partition coefficient (Wildman–Crippen LogP) is 3.65. The third-order valence-corrected chi connectivity index (χ3v) is 7.58. The second kappa shape index (κ2) is 8.30. The maximum Gasteiger partial charge on any atom is 0.290 e. The van der Waals surface area contributed by atoms with Crippen molar-refractivity contribution in [3.05, 3.63) is 35.6 Å². The molecule has 3 heterocycles. The molecule has 1 amide bonds. The van der Waals surface area contributed by atoms with Gasteiger partial charge in [-0.2, -0.15) is 0 Å². The lowest BCUT2D eigenvalue weighted by atomic mass is 9.86. The largest absolute Gasteiger partial charge is 0.484 e. The minimum absolute atomic E-state index is 0.160. The summed E-state index contributed by atoms with van der Waals surface area (Å²) in [6.07, 6.45) is 7.68. The van der Waals surface area contributed by atoms with Crippen LogP contribution in [0.25, 0.3) is 0 Å². The third-order valence-electron chi connectivity index (χ3n) is 7.58. The van der Waals surface area contributed by atoms with Crippen molar-refractivity contribution in [3.63, 3.8) is 0 Å². The highest BCUT2D eigenvalue weighted by molar-refractivity contribution is 6.04. The number of amides is 1. The quantitative estimate of drug-likeness (QED) is 0.801. The molecule has 6 nitrogen and oxygen atoms in total. The Morgan fingerprint density at radius 1 is 1.16 bits per heavy atom. The molecule has 166 valence electrons. The van der Waals surface area contributed by atoms with Crippen molar-refractivity contribution in [2.24, 2.45) is 5.92 Å². The number of hydrogen-bond donors (Lipinski definition) is 1.